The molecule has 0 aliphatic rings. The maximum absolute atomic E-state index is 2.30. The van der Waals surface area contributed by atoms with E-state index in [0.29, 0.717) is 0 Å². The van der Waals surface area contributed by atoms with Gasteiger partial charge in [-0.05, 0) is 12.8 Å². The Hall–Kier alpha value is -2.09. The van der Waals surface area contributed by atoms with Crippen molar-refractivity contribution in [2.45, 2.75) is 71.5 Å². The first-order chi connectivity index (χ1) is 15.3. The van der Waals surface area contributed by atoms with Crippen LogP contribution in [0.5, 0.6) is 0 Å². The number of quaternary nitrogens is 1. The highest BCUT2D eigenvalue weighted by Gasteiger charge is 2.28. The van der Waals surface area contributed by atoms with Crippen molar-refractivity contribution in [2.75, 3.05) is 6.54 Å². The third-order valence-electron chi connectivity index (χ3n) is 6.32. The summed E-state index contributed by atoms with van der Waals surface area (Å²) in [7, 11) is 0. The number of hydrogen-bond acceptors (Lipinski definition) is 0. The van der Waals surface area contributed by atoms with Gasteiger partial charge in [-0.25, -0.2) is 0 Å². The van der Waals surface area contributed by atoms with E-state index in [1.165, 1.54) is 68.2 Å². The zero-order valence-corrected chi connectivity index (χ0v) is 20.5. The highest BCUT2D eigenvalue weighted by atomic mass is 35.5. The molecule has 0 saturated carbocycles. The largest absolute Gasteiger partial charge is 1.00 e. The van der Waals surface area contributed by atoms with E-state index in [1.807, 2.05) is 0 Å². The molecule has 0 heterocycles. The van der Waals surface area contributed by atoms with E-state index in [-0.39, 0.29) is 12.4 Å². The van der Waals surface area contributed by atoms with Crippen molar-refractivity contribution in [3.63, 3.8) is 0 Å². The molecule has 0 aliphatic carbocycles. The van der Waals surface area contributed by atoms with Crippen LogP contribution in [0.1, 0.15) is 68.6 Å². The maximum Gasteiger partial charge on any atom is 0.105 e. The smallest absolute Gasteiger partial charge is 0.105 e. The Morgan fingerprint density at radius 2 is 0.812 bits per heavy atom. The third-order valence-corrected chi connectivity index (χ3v) is 6.32. The molecule has 32 heavy (non-hydrogen) atoms. The minimum absolute atomic E-state index is 0. The molecule has 3 aromatic rings. The van der Waals surface area contributed by atoms with E-state index in [0.717, 1.165) is 24.1 Å². The number of benzene rings is 3. The lowest BCUT2D eigenvalue weighted by molar-refractivity contribution is -0.966. The van der Waals surface area contributed by atoms with Crippen molar-refractivity contribution >= 4 is 0 Å². The highest BCUT2D eigenvalue weighted by molar-refractivity contribution is 5.17. The van der Waals surface area contributed by atoms with Gasteiger partial charge in [0.15, 0.2) is 0 Å². The molecule has 0 amide bonds. The molecule has 0 fully saturated rings. The van der Waals surface area contributed by atoms with E-state index in [2.05, 4.69) is 97.9 Å². The minimum Gasteiger partial charge on any atom is -1.00 e. The highest BCUT2D eigenvalue weighted by Crippen LogP contribution is 2.25. The van der Waals surface area contributed by atoms with Gasteiger partial charge >= 0.3 is 0 Å². The predicted molar refractivity (Wildman–Crippen MR) is 134 cm³/mol. The third kappa shape index (κ3) is 9.18. The van der Waals surface area contributed by atoms with Gasteiger partial charge < -0.3 is 16.9 Å². The van der Waals surface area contributed by atoms with E-state index in [1.54, 1.807) is 0 Å². The zero-order chi connectivity index (χ0) is 21.6. The summed E-state index contributed by atoms with van der Waals surface area (Å²) in [6, 6.07) is 33.3. The van der Waals surface area contributed by atoms with Crippen molar-refractivity contribution in [1.82, 2.24) is 0 Å². The van der Waals surface area contributed by atoms with Crippen molar-refractivity contribution in [1.29, 1.82) is 0 Å². The number of hydrogen-bond donors (Lipinski definition) is 0. The first-order valence-corrected chi connectivity index (χ1v) is 12.3. The van der Waals surface area contributed by atoms with Crippen molar-refractivity contribution in [2.24, 2.45) is 0 Å². The van der Waals surface area contributed by atoms with Crippen LogP contribution < -0.4 is 12.4 Å². The van der Waals surface area contributed by atoms with Crippen LogP contribution in [0.4, 0.5) is 0 Å². The Balaban J connectivity index is 0.00000363. The zero-order valence-electron chi connectivity index (χ0n) is 19.8. The molecule has 0 saturated heterocycles. The molecule has 1 nitrogen and oxygen atoms in total. The second-order valence-corrected chi connectivity index (χ2v) is 9.12. The van der Waals surface area contributed by atoms with Gasteiger partial charge in [-0.2, -0.15) is 0 Å². The number of unbranched alkanes of at least 4 members (excludes halogenated alkanes) is 6. The summed E-state index contributed by atoms with van der Waals surface area (Å²) < 4.78 is 1.09. The summed E-state index contributed by atoms with van der Waals surface area (Å²) in [6.07, 6.45) is 9.53. The van der Waals surface area contributed by atoms with Crippen molar-refractivity contribution < 1.29 is 16.9 Å². The van der Waals surface area contributed by atoms with Crippen LogP contribution >= 0.6 is 0 Å². The number of rotatable bonds is 14. The lowest BCUT2D eigenvalue weighted by atomic mass is 10.0. The van der Waals surface area contributed by atoms with Gasteiger partial charge in [-0.15, -0.1) is 0 Å². The normalized spacial score (nSPS) is 11.2. The molecule has 0 N–H and O–H groups in total. The lowest BCUT2D eigenvalue weighted by Gasteiger charge is -2.39. The molecule has 172 valence electrons. The Bertz CT molecular complexity index is 731. The SMILES string of the molecule is CCCCCCCCC[N+](Cc1ccccc1)(Cc1ccccc1)Cc1ccccc1.[Cl-]. The fraction of sp³-hybridized carbons (Fsp3) is 0.400. The molecule has 2 heteroatoms. The van der Waals surface area contributed by atoms with Gasteiger partial charge in [0.05, 0.1) is 6.54 Å². The average molecular weight is 450 g/mol. The molecular formula is C30H40ClN. The fourth-order valence-electron chi connectivity index (χ4n) is 4.72. The van der Waals surface area contributed by atoms with Crippen LogP contribution in [-0.4, -0.2) is 11.0 Å². The predicted octanol–water partition coefficient (Wildman–Crippen LogP) is 5.16. The van der Waals surface area contributed by atoms with E-state index in [9.17, 15) is 0 Å². The summed E-state index contributed by atoms with van der Waals surface area (Å²) in [6.45, 7) is 6.77. The Labute approximate surface area is 202 Å². The minimum atomic E-state index is 0. The molecule has 0 unspecified atom stereocenters. The Morgan fingerprint density at radius 1 is 0.469 bits per heavy atom. The molecular weight excluding hydrogens is 410 g/mol. The van der Waals surface area contributed by atoms with E-state index < -0.39 is 0 Å². The standard InChI is InChI=1S/C30H40N.ClH/c1-2-3-4-5-6-7-17-24-31(25-28-18-11-8-12-19-28,26-29-20-13-9-14-21-29)27-30-22-15-10-16-23-30;/h8-16,18-23H,2-7,17,24-27H2,1H3;1H/q+1;/p-1. The summed E-state index contributed by atoms with van der Waals surface area (Å²) in [4.78, 5) is 0. The van der Waals surface area contributed by atoms with Crippen LogP contribution in [0.25, 0.3) is 0 Å². The fourth-order valence-corrected chi connectivity index (χ4v) is 4.72. The summed E-state index contributed by atoms with van der Waals surface area (Å²) in [5.41, 5.74) is 4.33. The van der Waals surface area contributed by atoms with Gasteiger partial charge in [0.1, 0.15) is 19.6 Å². The van der Waals surface area contributed by atoms with Crippen molar-refractivity contribution in [3.05, 3.63) is 108 Å². The van der Waals surface area contributed by atoms with Crippen molar-refractivity contribution in [3.8, 4) is 0 Å². The van der Waals surface area contributed by atoms with Gasteiger partial charge in [0, 0.05) is 16.7 Å². The average Bonchev–Trinajstić information content (AvgIpc) is 2.80. The maximum atomic E-state index is 2.30. The van der Waals surface area contributed by atoms with Crippen LogP contribution in [0, 0.1) is 0 Å². The van der Waals surface area contributed by atoms with Crippen LogP contribution in [-0.2, 0) is 19.6 Å². The molecule has 0 aliphatic heterocycles. The van der Waals surface area contributed by atoms with Gasteiger partial charge in [-0.3, -0.25) is 0 Å². The molecule has 0 spiro atoms. The molecule has 0 bridgehead atoms. The monoisotopic (exact) mass is 449 g/mol. The van der Waals surface area contributed by atoms with Crippen LogP contribution in [0.3, 0.4) is 0 Å². The number of nitrogens with zero attached hydrogens (tertiary/aromatic N) is 1. The first-order valence-electron chi connectivity index (χ1n) is 12.3. The summed E-state index contributed by atoms with van der Waals surface area (Å²) in [5, 5.41) is 0. The van der Waals surface area contributed by atoms with Crippen LogP contribution in [0.15, 0.2) is 91.0 Å². The van der Waals surface area contributed by atoms with Gasteiger partial charge in [0.2, 0.25) is 0 Å². The molecule has 0 aromatic heterocycles. The molecule has 0 radical (unpaired) electrons. The molecule has 3 rings (SSSR count). The van der Waals surface area contributed by atoms with E-state index in [4.69, 9.17) is 0 Å². The first kappa shape index (κ1) is 26.2. The van der Waals surface area contributed by atoms with Gasteiger partial charge in [0.25, 0.3) is 0 Å². The van der Waals surface area contributed by atoms with Gasteiger partial charge in [-0.1, -0.05) is 130 Å². The topological polar surface area (TPSA) is 0 Å². The number of halogens is 1. The Morgan fingerprint density at radius 3 is 1.19 bits per heavy atom. The Kier molecular flexibility index (Phi) is 12.2. The quantitative estimate of drug-likeness (QED) is 0.235. The second kappa shape index (κ2) is 14.9. The lowest BCUT2D eigenvalue weighted by Crippen LogP contribution is -3.00. The van der Waals surface area contributed by atoms with Crippen LogP contribution in [0.2, 0.25) is 0 Å². The molecule has 3 aromatic carbocycles. The second-order valence-electron chi connectivity index (χ2n) is 9.12. The summed E-state index contributed by atoms with van der Waals surface area (Å²) >= 11 is 0. The van der Waals surface area contributed by atoms with E-state index >= 15 is 0 Å². The molecule has 0 atom stereocenters. The summed E-state index contributed by atoms with van der Waals surface area (Å²) in [5.74, 6) is 0.